The fraction of sp³-hybridized carbons (Fsp3) is 0.308. The highest BCUT2D eigenvalue weighted by Gasteiger charge is 2.18. The van der Waals surface area contributed by atoms with Gasteiger partial charge < -0.3 is 15.7 Å². The number of nitrogens with zero attached hydrogens (tertiary/aromatic N) is 4. The highest BCUT2D eigenvalue weighted by Crippen LogP contribution is 2.29. The zero-order chi connectivity index (χ0) is 14.9. The molecular weight excluding hydrogens is 258 g/mol. The van der Waals surface area contributed by atoms with Crippen LogP contribution >= 0.6 is 0 Å². The number of rotatable bonds is 3. The highest BCUT2D eigenvalue weighted by atomic mass is 16.5. The lowest BCUT2D eigenvalue weighted by atomic mass is 10.1. The van der Waals surface area contributed by atoms with Crippen molar-refractivity contribution < 1.29 is 9.94 Å². The number of nitrogens with two attached hydrogens (primary N) is 1. The van der Waals surface area contributed by atoms with Crippen LogP contribution in [-0.2, 0) is 7.05 Å². The van der Waals surface area contributed by atoms with E-state index in [2.05, 4.69) is 15.2 Å². The van der Waals surface area contributed by atoms with Gasteiger partial charge in [-0.05, 0) is 32.4 Å². The molecule has 0 aliphatic rings. The summed E-state index contributed by atoms with van der Waals surface area (Å²) in [6.07, 6.45) is 1.61. The van der Waals surface area contributed by atoms with E-state index in [1.807, 2.05) is 27.8 Å². The Hall–Kier alpha value is -2.57. The Labute approximate surface area is 116 Å². The van der Waals surface area contributed by atoms with Crippen molar-refractivity contribution in [3.05, 3.63) is 34.8 Å². The second-order valence-corrected chi connectivity index (χ2v) is 4.52. The number of ether oxygens (including phenoxy) is 1. The summed E-state index contributed by atoms with van der Waals surface area (Å²) in [6.45, 7) is 5.58. The number of oxime groups is 1. The molecule has 2 heterocycles. The van der Waals surface area contributed by atoms with Gasteiger partial charge in [0.2, 0.25) is 5.88 Å². The molecule has 0 saturated carbocycles. The van der Waals surface area contributed by atoms with Gasteiger partial charge in [0.05, 0.1) is 11.3 Å². The van der Waals surface area contributed by atoms with Crippen LogP contribution < -0.4 is 10.5 Å². The average molecular weight is 275 g/mol. The fourth-order valence-electron chi connectivity index (χ4n) is 1.97. The van der Waals surface area contributed by atoms with Gasteiger partial charge in [0, 0.05) is 13.2 Å². The Bertz CT molecular complexity index is 676. The molecule has 0 radical (unpaired) electrons. The molecule has 0 saturated heterocycles. The molecule has 0 fully saturated rings. The molecule has 0 unspecified atom stereocenters. The highest BCUT2D eigenvalue weighted by molar-refractivity contribution is 6.00. The smallest absolute Gasteiger partial charge is 0.230 e. The van der Waals surface area contributed by atoms with Crippen LogP contribution in [0.4, 0.5) is 0 Å². The van der Waals surface area contributed by atoms with Gasteiger partial charge in [0.15, 0.2) is 11.6 Å². The quantitative estimate of drug-likeness (QED) is 0.384. The topological polar surface area (TPSA) is 98.6 Å². The van der Waals surface area contributed by atoms with Crippen molar-refractivity contribution in [3.8, 4) is 11.6 Å². The Kier molecular flexibility index (Phi) is 3.60. The Morgan fingerprint density at radius 2 is 2.10 bits per heavy atom. The summed E-state index contributed by atoms with van der Waals surface area (Å²) < 4.78 is 7.56. The van der Waals surface area contributed by atoms with Crippen LogP contribution in [0.5, 0.6) is 11.6 Å². The predicted molar refractivity (Wildman–Crippen MR) is 74.2 cm³/mol. The molecule has 0 amide bonds. The standard InChI is InChI=1S/C13H17N5O2/c1-7-5-6-15-13(10(7)12(14)17-19)20-11-8(2)16-18(4)9(11)3/h5-6,19H,1-4H3,(H2,14,17). The molecule has 0 aromatic carbocycles. The first kappa shape index (κ1) is 13.9. The van der Waals surface area contributed by atoms with Gasteiger partial charge in [-0.25, -0.2) is 4.98 Å². The summed E-state index contributed by atoms with van der Waals surface area (Å²) in [4.78, 5) is 4.16. The molecule has 3 N–H and O–H groups in total. The third-order valence-electron chi connectivity index (χ3n) is 3.13. The molecule has 7 heteroatoms. The maximum atomic E-state index is 8.88. The molecule has 2 aromatic heterocycles. The Morgan fingerprint density at radius 3 is 2.65 bits per heavy atom. The summed E-state index contributed by atoms with van der Waals surface area (Å²) in [7, 11) is 1.84. The monoisotopic (exact) mass is 275 g/mol. The molecule has 7 nitrogen and oxygen atoms in total. The van der Waals surface area contributed by atoms with E-state index in [1.54, 1.807) is 16.9 Å². The summed E-state index contributed by atoms with van der Waals surface area (Å²) >= 11 is 0. The number of hydrogen-bond acceptors (Lipinski definition) is 5. The molecule has 2 aromatic rings. The normalized spacial score (nSPS) is 11.7. The summed E-state index contributed by atoms with van der Waals surface area (Å²) in [5, 5.41) is 16.2. The van der Waals surface area contributed by atoms with Crippen molar-refractivity contribution >= 4 is 5.84 Å². The van der Waals surface area contributed by atoms with E-state index >= 15 is 0 Å². The average Bonchev–Trinajstić information content (AvgIpc) is 2.65. The van der Waals surface area contributed by atoms with E-state index in [-0.39, 0.29) is 5.84 Å². The van der Waals surface area contributed by atoms with Crippen LogP contribution in [0, 0.1) is 20.8 Å². The van der Waals surface area contributed by atoms with E-state index in [0.29, 0.717) is 17.2 Å². The van der Waals surface area contributed by atoms with E-state index in [9.17, 15) is 0 Å². The van der Waals surface area contributed by atoms with Gasteiger partial charge >= 0.3 is 0 Å². The van der Waals surface area contributed by atoms with Crippen LogP contribution in [0.25, 0.3) is 0 Å². The SMILES string of the molecule is Cc1ccnc(Oc2c(C)nn(C)c2C)c1/C(N)=N/O. The summed E-state index contributed by atoms with van der Waals surface area (Å²) in [5.41, 5.74) is 8.59. The zero-order valence-electron chi connectivity index (χ0n) is 11.9. The number of aromatic nitrogens is 3. The van der Waals surface area contributed by atoms with Gasteiger partial charge in [-0.1, -0.05) is 5.16 Å². The third kappa shape index (κ3) is 2.29. The van der Waals surface area contributed by atoms with Gasteiger partial charge in [-0.15, -0.1) is 0 Å². The number of hydrogen-bond donors (Lipinski definition) is 2. The van der Waals surface area contributed by atoms with Gasteiger partial charge in [0.1, 0.15) is 5.69 Å². The summed E-state index contributed by atoms with van der Waals surface area (Å²) in [5.74, 6) is 0.877. The molecule has 0 spiro atoms. The molecule has 20 heavy (non-hydrogen) atoms. The molecule has 0 aliphatic heterocycles. The van der Waals surface area contributed by atoms with Crippen LogP contribution in [0.1, 0.15) is 22.5 Å². The minimum Gasteiger partial charge on any atom is -0.434 e. The first-order chi connectivity index (χ1) is 9.45. The number of aryl methyl sites for hydroxylation is 3. The predicted octanol–water partition coefficient (Wildman–Crippen LogP) is 1.63. The first-order valence-electron chi connectivity index (χ1n) is 6.07. The first-order valence-corrected chi connectivity index (χ1v) is 6.07. The zero-order valence-corrected chi connectivity index (χ0v) is 11.9. The largest absolute Gasteiger partial charge is 0.434 e. The Morgan fingerprint density at radius 1 is 1.40 bits per heavy atom. The second kappa shape index (κ2) is 5.20. The van der Waals surface area contributed by atoms with Crippen molar-refractivity contribution in [2.45, 2.75) is 20.8 Å². The van der Waals surface area contributed by atoms with E-state index in [0.717, 1.165) is 17.0 Å². The summed E-state index contributed by atoms with van der Waals surface area (Å²) in [6, 6.07) is 1.77. The lowest BCUT2D eigenvalue weighted by Gasteiger charge is -2.11. The molecule has 0 atom stereocenters. The van der Waals surface area contributed by atoms with Crippen molar-refractivity contribution in [1.29, 1.82) is 0 Å². The van der Waals surface area contributed by atoms with Gasteiger partial charge in [0.25, 0.3) is 0 Å². The minimum absolute atomic E-state index is 0.0372. The minimum atomic E-state index is -0.0372. The van der Waals surface area contributed by atoms with Crippen molar-refractivity contribution in [2.75, 3.05) is 0 Å². The molecule has 0 bridgehead atoms. The third-order valence-corrected chi connectivity index (χ3v) is 3.13. The molecule has 0 aliphatic carbocycles. The Balaban J connectivity index is 2.52. The van der Waals surface area contributed by atoms with Crippen molar-refractivity contribution in [1.82, 2.24) is 14.8 Å². The van der Waals surface area contributed by atoms with Gasteiger partial charge in [-0.2, -0.15) is 5.10 Å². The fourth-order valence-corrected chi connectivity index (χ4v) is 1.97. The number of amidine groups is 1. The maximum absolute atomic E-state index is 8.88. The van der Waals surface area contributed by atoms with Crippen LogP contribution in [0.3, 0.4) is 0 Å². The molecular formula is C13H17N5O2. The van der Waals surface area contributed by atoms with E-state index < -0.39 is 0 Å². The molecule has 106 valence electrons. The van der Waals surface area contributed by atoms with Gasteiger partial charge in [-0.3, -0.25) is 4.68 Å². The molecule has 2 rings (SSSR count). The lowest BCUT2D eigenvalue weighted by molar-refractivity contribution is 0.318. The van der Waals surface area contributed by atoms with E-state index in [1.165, 1.54) is 0 Å². The van der Waals surface area contributed by atoms with Crippen molar-refractivity contribution in [3.63, 3.8) is 0 Å². The van der Waals surface area contributed by atoms with Crippen LogP contribution in [-0.4, -0.2) is 25.8 Å². The second-order valence-electron chi connectivity index (χ2n) is 4.52. The number of pyridine rings is 1. The van der Waals surface area contributed by atoms with E-state index in [4.69, 9.17) is 15.7 Å². The lowest BCUT2D eigenvalue weighted by Crippen LogP contribution is -2.16. The van der Waals surface area contributed by atoms with Crippen LogP contribution in [0.2, 0.25) is 0 Å². The maximum Gasteiger partial charge on any atom is 0.230 e. The van der Waals surface area contributed by atoms with Crippen molar-refractivity contribution in [2.24, 2.45) is 17.9 Å². The van der Waals surface area contributed by atoms with Crippen LogP contribution in [0.15, 0.2) is 17.4 Å².